The van der Waals surface area contributed by atoms with Crippen molar-refractivity contribution >= 4 is 38.9 Å². The van der Waals surface area contributed by atoms with E-state index in [9.17, 15) is 4.79 Å². The SMILES string of the molecule is CCO[C@H]1CC[C@H](n2cc(NC(=O)c3csc(Br)n3)c(-c3ccccn3)n2)CC1. The Morgan fingerprint density at radius 1 is 1.34 bits per heavy atom. The molecule has 0 radical (unpaired) electrons. The van der Waals surface area contributed by atoms with E-state index in [2.05, 4.69) is 31.2 Å². The molecule has 0 aliphatic heterocycles. The summed E-state index contributed by atoms with van der Waals surface area (Å²) in [6.07, 6.45) is 8.02. The number of amides is 1. The summed E-state index contributed by atoms with van der Waals surface area (Å²) in [7, 11) is 0. The van der Waals surface area contributed by atoms with E-state index in [0.717, 1.165) is 38.0 Å². The number of ether oxygens (including phenoxy) is 1. The predicted molar refractivity (Wildman–Crippen MR) is 116 cm³/mol. The first-order valence-corrected chi connectivity index (χ1v) is 11.4. The molecule has 1 saturated carbocycles. The van der Waals surface area contributed by atoms with E-state index in [-0.39, 0.29) is 11.9 Å². The van der Waals surface area contributed by atoms with Crippen molar-refractivity contribution in [2.75, 3.05) is 11.9 Å². The van der Waals surface area contributed by atoms with Gasteiger partial charge >= 0.3 is 0 Å². The molecule has 0 saturated heterocycles. The third-order valence-corrected chi connectivity index (χ3v) is 6.38. The molecule has 3 heterocycles. The van der Waals surface area contributed by atoms with Crippen molar-refractivity contribution in [2.45, 2.75) is 44.8 Å². The summed E-state index contributed by atoms with van der Waals surface area (Å²) in [5, 5.41) is 9.48. The Bertz CT molecular complexity index is 966. The fourth-order valence-electron chi connectivity index (χ4n) is 3.62. The molecule has 0 bridgehead atoms. The number of carbonyl (C=O) groups is 1. The van der Waals surface area contributed by atoms with Crippen LogP contribution >= 0.6 is 27.3 Å². The molecule has 29 heavy (non-hydrogen) atoms. The van der Waals surface area contributed by atoms with Crippen molar-refractivity contribution in [3.05, 3.63) is 45.6 Å². The van der Waals surface area contributed by atoms with Crippen LogP contribution in [0.5, 0.6) is 0 Å². The van der Waals surface area contributed by atoms with Gasteiger partial charge in [-0.25, -0.2) is 4.98 Å². The first kappa shape index (κ1) is 20.2. The predicted octanol–water partition coefficient (Wildman–Crippen LogP) is 4.94. The lowest BCUT2D eigenvalue weighted by molar-refractivity contribution is 0.0260. The molecule has 7 nitrogen and oxygen atoms in total. The van der Waals surface area contributed by atoms with Crippen molar-refractivity contribution in [2.24, 2.45) is 0 Å². The maximum absolute atomic E-state index is 12.6. The summed E-state index contributed by atoms with van der Waals surface area (Å²) in [6.45, 7) is 2.79. The zero-order chi connectivity index (χ0) is 20.2. The second-order valence-electron chi connectivity index (χ2n) is 6.91. The Morgan fingerprint density at radius 2 is 2.17 bits per heavy atom. The van der Waals surface area contributed by atoms with Gasteiger partial charge in [0.2, 0.25) is 0 Å². The monoisotopic (exact) mass is 475 g/mol. The molecule has 3 aromatic rings. The second kappa shape index (κ2) is 9.15. The smallest absolute Gasteiger partial charge is 0.275 e. The molecule has 9 heteroatoms. The number of anilines is 1. The lowest BCUT2D eigenvalue weighted by Crippen LogP contribution is -2.24. The summed E-state index contributed by atoms with van der Waals surface area (Å²) in [5.74, 6) is -0.260. The van der Waals surface area contributed by atoms with Gasteiger partial charge in [-0.1, -0.05) is 6.07 Å². The lowest BCUT2D eigenvalue weighted by Gasteiger charge is -2.28. The van der Waals surface area contributed by atoms with Gasteiger partial charge in [0.15, 0.2) is 3.92 Å². The van der Waals surface area contributed by atoms with Gasteiger partial charge in [-0.3, -0.25) is 14.5 Å². The van der Waals surface area contributed by atoms with Crippen molar-refractivity contribution in [3.8, 4) is 11.4 Å². The number of hydrogen-bond donors (Lipinski definition) is 1. The fraction of sp³-hybridized carbons (Fsp3) is 0.400. The number of aromatic nitrogens is 4. The highest BCUT2D eigenvalue weighted by Crippen LogP contribution is 2.33. The zero-order valence-corrected chi connectivity index (χ0v) is 18.4. The van der Waals surface area contributed by atoms with Crippen LogP contribution in [0.1, 0.15) is 49.1 Å². The van der Waals surface area contributed by atoms with Crippen molar-refractivity contribution in [3.63, 3.8) is 0 Å². The number of hydrogen-bond acceptors (Lipinski definition) is 6. The third-order valence-electron chi connectivity index (χ3n) is 5.02. The molecule has 1 fully saturated rings. The third kappa shape index (κ3) is 4.73. The average molecular weight is 476 g/mol. The standard InChI is InChI=1S/C20H22BrN5O2S/c1-2-28-14-8-6-13(7-9-14)26-11-16(18(25-26)15-5-3-4-10-22-15)23-19(27)17-12-29-20(21)24-17/h3-5,10-14H,2,6-9H2,1H3,(H,23,27)/t13-,14-. The minimum Gasteiger partial charge on any atom is -0.379 e. The van der Waals surface area contributed by atoms with Gasteiger partial charge < -0.3 is 10.1 Å². The Hall–Kier alpha value is -2.10. The Morgan fingerprint density at radius 3 is 2.83 bits per heavy atom. The van der Waals surface area contributed by atoms with Crippen molar-refractivity contribution in [1.29, 1.82) is 0 Å². The molecule has 152 valence electrons. The molecule has 0 spiro atoms. The van der Waals surface area contributed by atoms with Gasteiger partial charge in [-0.05, 0) is 60.7 Å². The number of halogens is 1. The minimum atomic E-state index is -0.260. The summed E-state index contributed by atoms with van der Waals surface area (Å²) in [6, 6.07) is 5.96. The molecule has 1 aliphatic rings. The topological polar surface area (TPSA) is 81.9 Å². The van der Waals surface area contributed by atoms with Gasteiger partial charge in [0.1, 0.15) is 11.4 Å². The van der Waals surface area contributed by atoms with E-state index in [4.69, 9.17) is 9.84 Å². The van der Waals surface area contributed by atoms with E-state index in [1.807, 2.05) is 36.0 Å². The molecule has 0 aromatic carbocycles. The maximum atomic E-state index is 12.6. The van der Waals surface area contributed by atoms with Crippen molar-refractivity contribution < 1.29 is 9.53 Å². The van der Waals surface area contributed by atoms with Crippen LogP contribution in [0.4, 0.5) is 5.69 Å². The Labute approximate surface area is 181 Å². The number of rotatable bonds is 6. The van der Waals surface area contributed by atoms with Crippen LogP contribution in [-0.4, -0.2) is 38.4 Å². The summed E-state index contributed by atoms with van der Waals surface area (Å²) >= 11 is 4.68. The van der Waals surface area contributed by atoms with Gasteiger partial charge in [0, 0.05) is 24.4 Å². The maximum Gasteiger partial charge on any atom is 0.275 e. The van der Waals surface area contributed by atoms with Crippen LogP contribution in [-0.2, 0) is 4.74 Å². The van der Waals surface area contributed by atoms with Crippen LogP contribution in [0.3, 0.4) is 0 Å². The van der Waals surface area contributed by atoms with Gasteiger partial charge in [-0.15, -0.1) is 11.3 Å². The summed E-state index contributed by atoms with van der Waals surface area (Å²) < 4.78 is 8.41. The number of nitrogens with zero attached hydrogens (tertiary/aromatic N) is 4. The van der Waals surface area contributed by atoms with Crippen LogP contribution in [0.15, 0.2) is 39.9 Å². The van der Waals surface area contributed by atoms with E-state index in [1.165, 1.54) is 11.3 Å². The molecule has 0 unspecified atom stereocenters. The van der Waals surface area contributed by atoms with Crippen LogP contribution in [0.2, 0.25) is 0 Å². The molecular weight excluding hydrogens is 454 g/mol. The molecule has 1 amide bonds. The van der Waals surface area contributed by atoms with E-state index >= 15 is 0 Å². The molecular formula is C20H22BrN5O2S. The lowest BCUT2D eigenvalue weighted by atomic mass is 9.93. The molecule has 3 aromatic heterocycles. The largest absolute Gasteiger partial charge is 0.379 e. The highest BCUT2D eigenvalue weighted by Gasteiger charge is 2.25. The van der Waals surface area contributed by atoms with Gasteiger partial charge in [-0.2, -0.15) is 5.10 Å². The highest BCUT2D eigenvalue weighted by molar-refractivity contribution is 9.11. The van der Waals surface area contributed by atoms with Crippen LogP contribution < -0.4 is 5.32 Å². The Balaban J connectivity index is 1.59. The molecule has 1 N–H and O–H groups in total. The number of carbonyl (C=O) groups excluding carboxylic acids is 1. The molecule has 1 aliphatic carbocycles. The molecule has 4 rings (SSSR count). The normalized spacial score (nSPS) is 19.2. The van der Waals surface area contributed by atoms with Gasteiger partial charge in [0.25, 0.3) is 5.91 Å². The quantitative estimate of drug-likeness (QED) is 0.545. The molecule has 0 atom stereocenters. The number of pyridine rings is 1. The number of nitrogens with one attached hydrogen (secondary N) is 1. The van der Waals surface area contributed by atoms with E-state index < -0.39 is 0 Å². The minimum absolute atomic E-state index is 0.260. The first-order chi connectivity index (χ1) is 14.1. The highest BCUT2D eigenvalue weighted by atomic mass is 79.9. The average Bonchev–Trinajstić information content (AvgIpc) is 3.36. The fourth-order valence-corrected chi connectivity index (χ4v) is 4.61. The van der Waals surface area contributed by atoms with Crippen LogP contribution in [0.25, 0.3) is 11.4 Å². The van der Waals surface area contributed by atoms with Crippen molar-refractivity contribution in [1.82, 2.24) is 19.7 Å². The second-order valence-corrected chi connectivity index (χ2v) is 9.05. The van der Waals surface area contributed by atoms with E-state index in [0.29, 0.717) is 27.1 Å². The Kier molecular flexibility index (Phi) is 6.37. The van der Waals surface area contributed by atoms with Gasteiger partial charge in [0.05, 0.1) is 23.5 Å². The van der Waals surface area contributed by atoms with Crippen LogP contribution in [0, 0.1) is 0 Å². The first-order valence-electron chi connectivity index (χ1n) is 9.68. The zero-order valence-electron chi connectivity index (χ0n) is 16.0. The number of thiazole rings is 1. The summed E-state index contributed by atoms with van der Waals surface area (Å²) in [5.41, 5.74) is 2.41. The van der Waals surface area contributed by atoms with E-state index in [1.54, 1.807) is 11.6 Å². The summed E-state index contributed by atoms with van der Waals surface area (Å²) in [4.78, 5) is 21.3.